The van der Waals surface area contributed by atoms with Crippen LogP contribution in [0.5, 0.6) is 0 Å². The number of rotatable bonds is 9. The van der Waals surface area contributed by atoms with E-state index in [4.69, 9.17) is 5.73 Å². The highest BCUT2D eigenvalue weighted by molar-refractivity contribution is 7.09. The summed E-state index contributed by atoms with van der Waals surface area (Å²) in [5, 5.41) is 6.73. The molecule has 0 aliphatic carbocycles. The summed E-state index contributed by atoms with van der Waals surface area (Å²) < 4.78 is 0. The summed E-state index contributed by atoms with van der Waals surface area (Å²) >= 11 is 1.73. The molecule has 1 aromatic rings. The van der Waals surface area contributed by atoms with Crippen molar-refractivity contribution in [3.8, 4) is 0 Å². The minimum Gasteiger partial charge on any atom is -0.330 e. The summed E-state index contributed by atoms with van der Waals surface area (Å²) in [7, 11) is 0. The summed E-state index contributed by atoms with van der Waals surface area (Å²) in [5.74, 6) is 0. The largest absolute Gasteiger partial charge is 0.330 e. The van der Waals surface area contributed by atoms with Crippen molar-refractivity contribution in [1.82, 2.24) is 10.3 Å². The molecule has 0 radical (unpaired) electrons. The van der Waals surface area contributed by atoms with E-state index in [-0.39, 0.29) is 0 Å². The SMILES string of the molecule is CC(C)(CCN)CCCNCCc1nccs1. The first-order chi connectivity index (χ1) is 8.14. The van der Waals surface area contributed by atoms with E-state index in [1.165, 1.54) is 17.8 Å². The number of hydrogen-bond donors (Lipinski definition) is 2. The highest BCUT2D eigenvalue weighted by atomic mass is 32.1. The van der Waals surface area contributed by atoms with Gasteiger partial charge in [-0.05, 0) is 37.8 Å². The third-order valence-corrected chi connectivity index (χ3v) is 3.87. The Morgan fingerprint density at radius 1 is 1.35 bits per heavy atom. The molecule has 0 spiro atoms. The zero-order valence-corrected chi connectivity index (χ0v) is 11.9. The van der Waals surface area contributed by atoms with Crippen LogP contribution < -0.4 is 11.1 Å². The molecule has 0 atom stereocenters. The summed E-state index contributed by atoms with van der Waals surface area (Å²) in [6.45, 7) is 7.53. The number of hydrogen-bond acceptors (Lipinski definition) is 4. The molecule has 0 aliphatic rings. The van der Waals surface area contributed by atoms with Gasteiger partial charge < -0.3 is 11.1 Å². The normalized spacial score (nSPS) is 11.9. The third-order valence-electron chi connectivity index (χ3n) is 3.03. The van der Waals surface area contributed by atoms with Gasteiger partial charge in [0.15, 0.2) is 0 Å². The van der Waals surface area contributed by atoms with Gasteiger partial charge in [0.25, 0.3) is 0 Å². The second-order valence-corrected chi connectivity index (χ2v) is 6.21. The predicted octanol–water partition coefficient (Wildman–Crippen LogP) is 2.43. The lowest BCUT2D eigenvalue weighted by atomic mass is 9.84. The second kappa shape index (κ2) is 7.80. The van der Waals surface area contributed by atoms with Crippen LogP contribution in [0.3, 0.4) is 0 Å². The zero-order chi connectivity index (χ0) is 12.6. The summed E-state index contributed by atoms with van der Waals surface area (Å²) in [6, 6.07) is 0. The Labute approximate surface area is 109 Å². The Balaban J connectivity index is 1.97. The van der Waals surface area contributed by atoms with E-state index in [0.29, 0.717) is 5.41 Å². The molecule has 4 heteroatoms. The minimum atomic E-state index is 0.395. The lowest BCUT2D eigenvalue weighted by Crippen LogP contribution is -2.22. The summed E-state index contributed by atoms with van der Waals surface area (Å²) in [4.78, 5) is 4.26. The Bertz CT molecular complexity index is 283. The molecule has 3 nitrogen and oxygen atoms in total. The molecular formula is C13H25N3S. The molecule has 17 heavy (non-hydrogen) atoms. The van der Waals surface area contributed by atoms with E-state index in [1.54, 1.807) is 11.3 Å². The molecule has 0 amide bonds. The summed E-state index contributed by atoms with van der Waals surface area (Å²) in [5.41, 5.74) is 5.99. The number of nitrogens with two attached hydrogens (primary N) is 1. The Hall–Kier alpha value is -0.450. The van der Waals surface area contributed by atoms with Gasteiger partial charge in [0.05, 0.1) is 5.01 Å². The molecule has 1 heterocycles. The smallest absolute Gasteiger partial charge is 0.0937 e. The van der Waals surface area contributed by atoms with Gasteiger partial charge in [0, 0.05) is 24.5 Å². The standard InChI is InChI=1S/C13H25N3S/c1-13(2,6-7-14)5-3-8-15-9-4-12-16-10-11-17-12/h10-11,15H,3-9,14H2,1-2H3. The van der Waals surface area contributed by atoms with Crippen LogP contribution in [0.2, 0.25) is 0 Å². The van der Waals surface area contributed by atoms with Crippen molar-refractivity contribution in [1.29, 1.82) is 0 Å². The monoisotopic (exact) mass is 255 g/mol. The van der Waals surface area contributed by atoms with E-state index >= 15 is 0 Å². The van der Waals surface area contributed by atoms with E-state index in [1.807, 2.05) is 11.6 Å². The van der Waals surface area contributed by atoms with Gasteiger partial charge in [-0.15, -0.1) is 11.3 Å². The lowest BCUT2D eigenvalue weighted by Gasteiger charge is -2.23. The van der Waals surface area contributed by atoms with Crippen molar-refractivity contribution in [3.05, 3.63) is 16.6 Å². The summed E-state index contributed by atoms with van der Waals surface area (Å²) in [6.07, 6.45) is 6.50. The average molecular weight is 255 g/mol. The van der Waals surface area contributed by atoms with Crippen LogP contribution in [0, 0.1) is 5.41 Å². The first kappa shape index (κ1) is 14.6. The molecule has 3 N–H and O–H groups in total. The maximum absolute atomic E-state index is 5.60. The number of thiazole rings is 1. The quantitative estimate of drug-likeness (QED) is 0.666. The van der Waals surface area contributed by atoms with Gasteiger partial charge in [-0.2, -0.15) is 0 Å². The molecule has 1 rings (SSSR count). The van der Waals surface area contributed by atoms with Crippen molar-refractivity contribution < 1.29 is 0 Å². The van der Waals surface area contributed by atoms with Gasteiger partial charge in [0.1, 0.15) is 0 Å². The van der Waals surface area contributed by atoms with Crippen molar-refractivity contribution >= 4 is 11.3 Å². The van der Waals surface area contributed by atoms with Crippen molar-refractivity contribution in [3.63, 3.8) is 0 Å². The lowest BCUT2D eigenvalue weighted by molar-refractivity contribution is 0.302. The fourth-order valence-electron chi connectivity index (χ4n) is 1.90. The van der Waals surface area contributed by atoms with Gasteiger partial charge in [0.2, 0.25) is 0 Å². The maximum atomic E-state index is 5.60. The van der Waals surface area contributed by atoms with E-state index in [2.05, 4.69) is 24.1 Å². The van der Waals surface area contributed by atoms with Crippen LogP contribution in [-0.4, -0.2) is 24.6 Å². The minimum absolute atomic E-state index is 0.395. The maximum Gasteiger partial charge on any atom is 0.0937 e. The van der Waals surface area contributed by atoms with Crippen LogP contribution in [-0.2, 0) is 6.42 Å². The number of aromatic nitrogens is 1. The Morgan fingerprint density at radius 2 is 2.18 bits per heavy atom. The van der Waals surface area contributed by atoms with Crippen molar-refractivity contribution in [2.45, 2.75) is 39.5 Å². The molecule has 1 aromatic heterocycles. The molecule has 0 bridgehead atoms. The number of nitrogens with zero attached hydrogens (tertiary/aromatic N) is 1. The Morgan fingerprint density at radius 3 is 2.82 bits per heavy atom. The van der Waals surface area contributed by atoms with Crippen molar-refractivity contribution in [2.75, 3.05) is 19.6 Å². The highest BCUT2D eigenvalue weighted by Gasteiger charge is 2.15. The van der Waals surface area contributed by atoms with Gasteiger partial charge in [-0.1, -0.05) is 13.8 Å². The van der Waals surface area contributed by atoms with Crippen LogP contribution in [0.1, 0.15) is 38.1 Å². The second-order valence-electron chi connectivity index (χ2n) is 5.23. The molecule has 0 unspecified atom stereocenters. The zero-order valence-electron chi connectivity index (χ0n) is 11.0. The van der Waals surface area contributed by atoms with Crippen LogP contribution >= 0.6 is 11.3 Å². The fourth-order valence-corrected chi connectivity index (χ4v) is 2.52. The van der Waals surface area contributed by atoms with E-state index in [9.17, 15) is 0 Å². The van der Waals surface area contributed by atoms with E-state index in [0.717, 1.165) is 32.5 Å². The van der Waals surface area contributed by atoms with Crippen LogP contribution in [0.25, 0.3) is 0 Å². The number of nitrogens with one attached hydrogen (secondary N) is 1. The Kier molecular flexibility index (Phi) is 6.70. The predicted molar refractivity (Wildman–Crippen MR) is 75.4 cm³/mol. The van der Waals surface area contributed by atoms with Crippen LogP contribution in [0.15, 0.2) is 11.6 Å². The molecule has 0 aliphatic heterocycles. The van der Waals surface area contributed by atoms with Gasteiger partial charge in [-0.25, -0.2) is 4.98 Å². The third kappa shape index (κ3) is 6.76. The molecule has 0 aromatic carbocycles. The molecule has 98 valence electrons. The average Bonchev–Trinajstić information content (AvgIpc) is 2.76. The van der Waals surface area contributed by atoms with E-state index < -0.39 is 0 Å². The topological polar surface area (TPSA) is 50.9 Å². The molecular weight excluding hydrogens is 230 g/mol. The van der Waals surface area contributed by atoms with Crippen LogP contribution in [0.4, 0.5) is 0 Å². The van der Waals surface area contributed by atoms with Gasteiger partial charge in [-0.3, -0.25) is 0 Å². The first-order valence-corrected chi connectivity index (χ1v) is 7.31. The fraction of sp³-hybridized carbons (Fsp3) is 0.769. The van der Waals surface area contributed by atoms with Gasteiger partial charge >= 0.3 is 0 Å². The first-order valence-electron chi connectivity index (χ1n) is 6.43. The molecule has 0 saturated heterocycles. The van der Waals surface area contributed by atoms with Crippen molar-refractivity contribution in [2.24, 2.45) is 11.1 Å². The highest BCUT2D eigenvalue weighted by Crippen LogP contribution is 2.25. The molecule has 0 saturated carbocycles. The molecule has 0 fully saturated rings.